The molecular weight excluding hydrogens is 1260 g/mol. The Labute approximate surface area is 600 Å². The Morgan fingerprint density at radius 3 is 1.92 bits per heavy atom. The largest absolute Gasteiger partial charge is 0.456 e. The van der Waals surface area contributed by atoms with Crippen LogP contribution in [0.5, 0.6) is 0 Å². The number of para-hydroxylation sites is 3. The number of anilines is 8. The fourth-order valence-corrected chi connectivity index (χ4v) is 17.2. The van der Waals surface area contributed by atoms with E-state index in [4.69, 9.17) is 13.8 Å². The smallest absolute Gasteiger partial charge is 0.146 e. The first-order valence-electron chi connectivity index (χ1n) is 36.1. The summed E-state index contributed by atoms with van der Waals surface area (Å²) >= 11 is 0. The maximum Gasteiger partial charge on any atom is 0.146 e. The van der Waals surface area contributed by atoms with Gasteiger partial charge in [0.05, 0.1) is 34.2 Å². The predicted octanol–water partition coefficient (Wildman–Crippen LogP) is 24.4. The van der Waals surface area contributed by atoms with Gasteiger partial charge in [0.1, 0.15) is 29.0 Å². The molecule has 2 aromatic heterocycles. The van der Waals surface area contributed by atoms with Crippen molar-refractivity contribution in [1.29, 1.82) is 0 Å². The minimum atomic E-state index is -0.381. The Kier molecular flexibility index (Phi) is 14.2. The third kappa shape index (κ3) is 9.88. The Morgan fingerprint density at radius 2 is 1.19 bits per heavy atom. The van der Waals surface area contributed by atoms with Gasteiger partial charge in [0, 0.05) is 90.5 Å². The molecule has 0 spiro atoms. The molecular formula is C96H77N5O2. The van der Waals surface area contributed by atoms with Gasteiger partial charge in [-0.3, -0.25) is 4.99 Å². The van der Waals surface area contributed by atoms with E-state index in [2.05, 4.69) is 366 Å². The van der Waals surface area contributed by atoms with Crippen molar-refractivity contribution in [3.8, 4) is 33.4 Å². The Morgan fingerprint density at radius 1 is 0.524 bits per heavy atom. The zero-order chi connectivity index (χ0) is 69.6. The number of benzene rings is 13. The summed E-state index contributed by atoms with van der Waals surface area (Å²) in [5, 5.41) is 10.6. The van der Waals surface area contributed by atoms with Crippen LogP contribution in [-0.2, 0) is 10.8 Å². The number of aryl methyl sites for hydroxylation is 1. The molecule has 1 atom stereocenters. The van der Waals surface area contributed by atoms with Crippen LogP contribution >= 0.6 is 0 Å². The average molecular weight is 1330 g/mol. The second kappa shape index (κ2) is 23.7. The summed E-state index contributed by atoms with van der Waals surface area (Å²) in [5.74, 6) is 0.0437. The summed E-state index contributed by atoms with van der Waals surface area (Å²) in [7, 11) is 0. The lowest BCUT2D eigenvalue weighted by Gasteiger charge is -2.35. The molecule has 103 heavy (non-hydrogen) atoms. The molecule has 19 rings (SSSR count). The Balaban J connectivity index is 0.994. The zero-order valence-electron chi connectivity index (χ0n) is 59.2. The van der Waals surface area contributed by atoms with Gasteiger partial charge >= 0.3 is 0 Å². The van der Waals surface area contributed by atoms with Crippen molar-refractivity contribution in [2.75, 3.05) is 26.3 Å². The van der Waals surface area contributed by atoms with Crippen molar-refractivity contribution in [3.63, 3.8) is 0 Å². The number of rotatable bonds is 11. The van der Waals surface area contributed by atoms with Gasteiger partial charge in [-0.2, -0.15) is 0 Å². The van der Waals surface area contributed by atoms with Crippen LogP contribution in [-0.4, -0.2) is 18.9 Å². The van der Waals surface area contributed by atoms with Crippen LogP contribution in [0, 0.1) is 6.92 Å². The van der Waals surface area contributed by atoms with Crippen molar-refractivity contribution in [1.82, 2.24) is 0 Å². The fraction of sp³-hybridized carbons (Fsp3) is 0.135. The lowest BCUT2D eigenvalue weighted by molar-refractivity contribution is 0.590. The number of hydrogen-bond acceptors (Lipinski definition) is 7. The van der Waals surface area contributed by atoms with Crippen molar-refractivity contribution in [3.05, 3.63) is 324 Å². The molecule has 0 N–H and O–H groups in total. The van der Waals surface area contributed by atoms with Gasteiger partial charge in [0.25, 0.3) is 0 Å². The molecule has 7 heteroatoms. The van der Waals surface area contributed by atoms with Gasteiger partial charge in [-0.15, -0.1) is 0 Å². The van der Waals surface area contributed by atoms with E-state index in [0.717, 1.165) is 128 Å². The molecule has 0 saturated carbocycles. The van der Waals surface area contributed by atoms with Crippen LogP contribution in [0.2, 0.25) is 0 Å². The average Bonchev–Trinajstić information content (AvgIpc) is 1.64. The SMILES string of the molecule is Cc1ccc2c(c1)=CN(c1ccc3c(c1)oc1c(C(C)C)cc4c(N(c5ccccc5)c5ccccc5)c(N5C=CC=NC5)c5cc(N(c6ccccc6)c6cccc7c6C(C)(C)c6ccccc6-7)c6c7cc(-c8cccc(-c9cccc(C(C)(C)C)c9)c8)ccc7oc6c5c4c13)C1C=CC=CC=21. The standard InChI is InChI=1S/C96H77N5O2/c1-59(2)76-55-78-87(88-75-46-44-70(54-85(75)103-93(76)88)99-57-65-50-60(3)42-45-71(65)73-37-19-21-40-81(73)99)89-79(91(98-49-25-48-97-58-98)92(78)100(67-30-12-9-13-31-67)68-32-14-10-15-33-68)56-83(101(69-34-16-11-17-35-69)82-41-24-38-74-72-36-18-20-39-80(72)96(7,8)90(74)82)86-77-53-64(43-47-84(77)102-94(86)89)62-27-22-26-61(51-62)63-28-23-29-66(52-63)95(4,5)6/h9-57,59,81H,58H2,1-8H3. The summed E-state index contributed by atoms with van der Waals surface area (Å²) in [6.45, 7) is 18.8. The van der Waals surface area contributed by atoms with Crippen LogP contribution in [0.1, 0.15) is 82.2 Å². The number of nitrogens with zero attached hydrogens (tertiary/aromatic N) is 5. The van der Waals surface area contributed by atoms with Gasteiger partial charge in [-0.25, -0.2) is 0 Å². The van der Waals surface area contributed by atoms with Crippen molar-refractivity contribution in [2.24, 2.45) is 4.99 Å². The summed E-state index contributed by atoms with van der Waals surface area (Å²) < 4.78 is 15.7. The molecule has 4 heterocycles. The quantitative estimate of drug-likeness (QED) is 0.120. The first-order chi connectivity index (χ1) is 50.2. The van der Waals surface area contributed by atoms with Crippen LogP contribution in [0.25, 0.3) is 111 Å². The van der Waals surface area contributed by atoms with Gasteiger partial charge in [0.2, 0.25) is 0 Å². The highest BCUT2D eigenvalue weighted by Crippen LogP contribution is 2.60. The summed E-state index contributed by atoms with van der Waals surface area (Å²) in [6, 6.07) is 92.3. The first-order valence-corrected chi connectivity index (χ1v) is 36.1. The van der Waals surface area contributed by atoms with Crippen molar-refractivity contribution < 1.29 is 8.83 Å². The maximum absolute atomic E-state index is 8.00. The molecule has 0 bridgehead atoms. The highest BCUT2D eigenvalue weighted by Gasteiger charge is 2.41. The van der Waals surface area contributed by atoms with Gasteiger partial charge in [-0.1, -0.05) is 230 Å². The number of allylic oxidation sites excluding steroid dienone is 3. The number of fused-ring (bicyclic) bond motifs is 16. The number of aliphatic imine (C=N–C) groups is 1. The molecule has 2 aliphatic carbocycles. The van der Waals surface area contributed by atoms with Crippen LogP contribution < -0.4 is 30.0 Å². The van der Waals surface area contributed by atoms with E-state index in [1.54, 1.807) is 0 Å². The van der Waals surface area contributed by atoms with Crippen LogP contribution in [0.4, 0.5) is 45.5 Å². The molecule has 498 valence electrons. The molecule has 7 nitrogen and oxygen atoms in total. The molecule has 0 saturated heterocycles. The lowest BCUT2D eigenvalue weighted by atomic mass is 9.81. The zero-order valence-corrected chi connectivity index (χ0v) is 59.2. The summed E-state index contributed by atoms with van der Waals surface area (Å²) in [5.41, 5.74) is 25.5. The minimum Gasteiger partial charge on any atom is -0.456 e. The molecule has 2 aliphatic heterocycles. The van der Waals surface area contributed by atoms with Gasteiger partial charge in [-0.05, 0) is 187 Å². The van der Waals surface area contributed by atoms with Crippen LogP contribution in [0.15, 0.2) is 299 Å². The highest BCUT2D eigenvalue weighted by atomic mass is 16.3. The normalized spacial score (nSPS) is 15.1. The van der Waals surface area contributed by atoms with E-state index < -0.39 is 0 Å². The maximum atomic E-state index is 8.00. The Bertz CT molecular complexity index is 6260. The molecule has 4 aliphatic rings. The predicted molar refractivity (Wildman–Crippen MR) is 434 cm³/mol. The molecule has 0 amide bonds. The van der Waals surface area contributed by atoms with E-state index in [1.807, 2.05) is 6.21 Å². The van der Waals surface area contributed by atoms with Crippen LogP contribution in [0.3, 0.4) is 0 Å². The monoisotopic (exact) mass is 1330 g/mol. The minimum absolute atomic E-state index is 0.00446. The van der Waals surface area contributed by atoms with E-state index in [9.17, 15) is 0 Å². The number of hydrogen-bond donors (Lipinski definition) is 0. The van der Waals surface area contributed by atoms with E-state index >= 15 is 0 Å². The molecule has 15 aromatic rings. The van der Waals surface area contributed by atoms with E-state index in [0.29, 0.717) is 6.67 Å². The van der Waals surface area contributed by atoms with Gasteiger partial charge in [0.15, 0.2) is 0 Å². The third-order valence-corrected chi connectivity index (χ3v) is 22.0. The van der Waals surface area contributed by atoms with E-state index in [1.165, 1.54) is 60.5 Å². The first kappa shape index (κ1) is 61.9. The lowest BCUT2D eigenvalue weighted by Crippen LogP contribution is -2.44. The van der Waals surface area contributed by atoms with Gasteiger partial charge < -0.3 is 28.4 Å². The second-order valence-electron chi connectivity index (χ2n) is 30.1. The molecule has 0 fully saturated rings. The Hall–Kier alpha value is -12.2. The van der Waals surface area contributed by atoms with Crippen molar-refractivity contribution in [2.45, 2.75) is 78.2 Å². The molecule has 0 radical (unpaired) electrons. The summed E-state index contributed by atoms with van der Waals surface area (Å²) in [4.78, 5) is 14.9. The van der Waals surface area contributed by atoms with Crippen molar-refractivity contribution >= 4 is 129 Å². The van der Waals surface area contributed by atoms with E-state index in [-0.39, 0.29) is 22.8 Å². The topological polar surface area (TPSA) is 51.6 Å². The fourth-order valence-electron chi connectivity index (χ4n) is 17.2. The summed E-state index contributed by atoms with van der Waals surface area (Å²) in [6.07, 6.45) is 17.5. The number of furan rings is 2. The second-order valence-corrected chi connectivity index (χ2v) is 30.1. The third-order valence-electron chi connectivity index (χ3n) is 22.0. The highest BCUT2D eigenvalue weighted by molar-refractivity contribution is 6.39. The molecule has 13 aromatic carbocycles. The molecule has 1 unspecified atom stereocenters.